The highest BCUT2D eigenvalue weighted by atomic mass is 127. The van der Waals surface area contributed by atoms with Crippen LogP contribution in [-0.2, 0) is 6.54 Å². The highest BCUT2D eigenvalue weighted by molar-refractivity contribution is 14.1. The van der Waals surface area contributed by atoms with Crippen molar-refractivity contribution in [1.29, 1.82) is 0 Å². The summed E-state index contributed by atoms with van der Waals surface area (Å²) in [5.74, 6) is -0.172. The Labute approximate surface area is 98.2 Å². The van der Waals surface area contributed by atoms with Gasteiger partial charge in [-0.2, -0.15) is 0 Å². The summed E-state index contributed by atoms with van der Waals surface area (Å²) in [5.41, 5.74) is 1.24. The molecule has 0 bridgehead atoms. The standard InChI is InChI=1S/C11H15FIN/c1-11(2,3)14-7-8-4-5-9(12)6-10(8)13/h4-6,14H,7H2,1-3H3. The summed E-state index contributed by atoms with van der Waals surface area (Å²) in [4.78, 5) is 0. The normalized spacial score (nSPS) is 11.8. The first-order chi connectivity index (χ1) is 6.38. The van der Waals surface area contributed by atoms with Gasteiger partial charge in [0.15, 0.2) is 0 Å². The fraction of sp³-hybridized carbons (Fsp3) is 0.455. The second-order valence-electron chi connectivity index (χ2n) is 4.34. The third kappa shape index (κ3) is 3.92. The van der Waals surface area contributed by atoms with Crippen molar-refractivity contribution < 1.29 is 4.39 Å². The summed E-state index contributed by atoms with van der Waals surface area (Å²) in [6.45, 7) is 7.12. The molecule has 78 valence electrons. The largest absolute Gasteiger partial charge is 0.308 e. The third-order valence-corrected chi connectivity index (χ3v) is 2.83. The minimum atomic E-state index is -0.172. The van der Waals surface area contributed by atoms with Gasteiger partial charge >= 0.3 is 0 Å². The van der Waals surface area contributed by atoms with Crippen LogP contribution in [-0.4, -0.2) is 5.54 Å². The van der Waals surface area contributed by atoms with Crippen molar-refractivity contribution in [3.63, 3.8) is 0 Å². The molecule has 0 fully saturated rings. The van der Waals surface area contributed by atoms with Crippen LogP contribution in [0.25, 0.3) is 0 Å². The molecular weight excluding hydrogens is 292 g/mol. The van der Waals surface area contributed by atoms with E-state index >= 15 is 0 Å². The van der Waals surface area contributed by atoms with Crippen LogP contribution in [0.4, 0.5) is 4.39 Å². The average molecular weight is 307 g/mol. The maximum Gasteiger partial charge on any atom is 0.124 e. The fourth-order valence-corrected chi connectivity index (χ4v) is 1.69. The van der Waals surface area contributed by atoms with E-state index in [0.29, 0.717) is 0 Å². The Morgan fingerprint density at radius 3 is 2.50 bits per heavy atom. The van der Waals surface area contributed by atoms with Gasteiger partial charge in [-0.15, -0.1) is 0 Å². The lowest BCUT2D eigenvalue weighted by molar-refractivity contribution is 0.423. The summed E-state index contributed by atoms with van der Waals surface area (Å²) in [7, 11) is 0. The number of rotatable bonds is 2. The first-order valence-electron chi connectivity index (χ1n) is 4.57. The molecule has 0 saturated carbocycles. The quantitative estimate of drug-likeness (QED) is 0.827. The van der Waals surface area contributed by atoms with Gasteiger partial charge in [-0.1, -0.05) is 6.07 Å². The summed E-state index contributed by atoms with van der Waals surface area (Å²) in [5, 5.41) is 3.37. The van der Waals surface area contributed by atoms with Gasteiger partial charge < -0.3 is 5.32 Å². The van der Waals surface area contributed by atoms with Crippen molar-refractivity contribution in [2.45, 2.75) is 32.9 Å². The summed E-state index contributed by atoms with van der Waals surface area (Å²) in [6, 6.07) is 4.89. The van der Waals surface area contributed by atoms with E-state index in [-0.39, 0.29) is 11.4 Å². The molecule has 1 nitrogen and oxygen atoms in total. The Hall–Kier alpha value is -0.160. The molecule has 0 aliphatic rings. The van der Waals surface area contributed by atoms with Crippen molar-refractivity contribution in [2.75, 3.05) is 0 Å². The molecule has 0 aliphatic carbocycles. The van der Waals surface area contributed by atoms with E-state index in [2.05, 4.69) is 48.7 Å². The molecule has 14 heavy (non-hydrogen) atoms. The number of benzene rings is 1. The van der Waals surface area contributed by atoms with Gasteiger partial charge in [-0.25, -0.2) is 4.39 Å². The van der Waals surface area contributed by atoms with Gasteiger partial charge in [-0.05, 0) is 61.1 Å². The predicted octanol–water partition coefficient (Wildman–Crippen LogP) is 3.32. The van der Waals surface area contributed by atoms with E-state index in [0.717, 1.165) is 15.7 Å². The smallest absolute Gasteiger partial charge is 0.124 e. The molecule has 1 aromatic carbocycles. The monoisotopic (exact) mass is 307 g/mol. The van der Waals surface area contributed by atoms with E-state index in [9.17, 15) is 4.39 Å². The average Bonchev–Trinajstić information content (AvgIpc) is 2.00. The molecule has 0 heterocycles. The zero-order chi connectivity index (χ0) is 10.8. The van der Waals surface area contributed by atoms with Gasteiger partial charge in [-0.3, -0.25) is 0 Å². The Morgan fingerprint density at radius 2 is 2.00 bits per heavy atom. The van der Waals surface area contributed by atoms with Crippen molar-refractivity contribution >= 4 is 22.6 Å². The van der Waals surface area contributed by atoms with Gasteiger partial charge in [0.25, 0.3) is 0 Å². The van der Waals surface area contributed by atoms with Gasteiger partial charge in [0.05, 0.1) is 0 Å². The summed E-state index contributed by atoms with van der Waals surface area (Å²) in [6.07, 6.45) is 0. The molecule has 3 heteroatoms. The number of nitrogens with one attached hydrogen (secondary N) is 1. The molecule has 0 radical (unpaired) electrons. The second kappa shape index (κ2) is 4.57. The Balaban J connectivity index is 2.68. The molecule has 0 amide bonds. The van der Waals surface area contributed by atoms with Crippen LogP contribution in [0.2, 0.25) is 0 Å². The zero-order valence-corrected chi connectivity index (χ0v) is 10.9. The summed E-state index contributed by atoms with van der Waals surface area (Å²) >= 11 is 2.16. The molecule has 0 aromatic heterocycles. The van der Waals surface area contributed by atoms with Crippen LogP contribution >= 0.6 is 22.6 Å². The maximum absolute atomic E-state index is 12.8. The maximum atomic E-state index is 12.8. The van der Waals surface area contributed by atoms with Crippen molar-refractivity contribution in [3.05, 3.63) is 33.1 Å². The lowest BCUT2D eigenvalue weighted by atomic mass is 10.1. The molecule has 0 aliphatic heterocycles. The lowest BCUT2D eigenvalue weighted by Crippen LogP contribution is -2.35. The topological polar surface area (TPSA) is 12.0 Å². The SMILES string of the molecule is CC(C)(C)NCc1ccc(F)cc1I. The fourth-order valence-electron chi connectivity index (χ4n) is 1.03. The number of hydrogen-bond acceptors (Lipinski definition) is 1. The zero-order valence-electron chi connectivity index (χ0n) is 8.70. The van der Waals surface area contributed by atoms with E-state index in [1.807, 2.05) is 6.07 Å². The molecule has 1 rings (SSSR count). The van der Waals surface area contributed by atoms with Crippen LogP contribution in [0, 0.1) is 9.39 Å². The molecule has 1 N–H and O–H groups in total. The van der Waals surface area contributed by atoms with Gasteiger partial charge in [0.1, 0.15) is 5.82 Å². The Bertz CT molecular complexity index is 318. The molecule has 0 unspecified atom stereocenters. The van der Waals surface area contributed by atoms with Crippen LogP contribution in [0.3, 0.4) is 0 Å². The highest BCUT2D eigenvalue weighted by Gasteiger charge is 2.09. The molecule has 0 atom stereocenters. The van der Waals surface area contributed by atoms with Crippen molar-refractivity contribution in [2.24, 2.45) is 0 Å². The number of hydrogen-bond donors (Lipinski definition) is 1. The van der Waals surface area contributed by atoms with Crippen LogP contribution < -0.4 is 5.32 Å². The highest BCUT2D eigenvalue weighted by Crippen LogP contribution is 2.14. The predicted molar refractivity (Wildman–Crippen MR) is 65.7 cm³/mol. The van der Waals surface area contributed by atoms with Crippen molar-refractivity contribution in [3.8, 4) is 0 Å². The molecule has 0 spiro atoms. The third-order valence-electron chi connectivity index (χ3n) is 1.82. The Morgan fingerprint density at radius 1 is 1.36 bits per heavy atom. The van der Waals surface area contributed by atoms with Crippen molar-refractivity contribution in [1.82, 2.24) is 5.32 Å². The Kier molecular flexibility index (Phi) is 3.89. The molecule has 1 aromatic rings. The van der Waals surface area contributed by atoms with Crippen LogP contribution in [0.5, 0.6) is 0 Å². The van der Waals surface area contributed by atoms with Gasteiger partial charge in [0.2, 0.25) is 0 Å². The summed E-state index contributed by atoms with van der Waals surface area (Å²) < 4.78 is 13.8. The first-order valence-corrected chi connectivity index (χ1v) is 5.65. The van der Waals surface area contributed by atoms with E-state index < -0.39 is 0 Å². The molecule has 0 saturated heterocycles. The lowest BCUT2D eigenvalue weighted by Gasteiger charge is -2.21. The minimum absolute atomic E-state index is 0.0947. The van der Waals surface area contributed by atoms with E-state index in [1.54, 1.807) is 6.07 Å². The first kappa shape index (κ1) is 11.9. The van der Waals surface area contributed by atoms with E-state index in [1.165, 1.54) is 6.07 Å². The molecular formula is C11H15FIN. The van der Waals surface area contributed by atoms with Crippen LogP contribution in [0.1, 0.15) is 26.3 Å². The van der Waals surface area contributed by atoms with Crippen LogP contribution in [0.15, 0.2) is 18.2 Å². The minimum Gasteiger partial charge on any atom is -0.308 e. The number of halogens is 2. The van der Waals surface area contributed by atoms with Gasteiger partial charge in [0, 0.05) is 15.7 Å². The van der Waals surface area contributed by atoms with E-state index in [4.69, 9.17) is 0 Å². The second-order valence-corrected chi connectivity index (χ2v) is 5.50.